The number of carbonyl (C=O) groups excluding carboxylic acids is 3. The highest BCUT2D eigenvalue weighted by atomic mass is 16.6. The molecule has 0 aliphatic rings. The summed E-state index contributed by atoms with van der Waals surface area (Å²) in [5.41, 5.74) is 2.25. The van der Waals surface area contributed by atoms with Gasteiger partial charge in [-0.3, -0.25) is 0 Å². The fraction of sp³-hybridized carbons (Fsp3) is 0.346. The molecule has 7 heteroatoms. The highest BCUT2D eigenvalue weighted by molar-refractivity contribution is 5.87. The van der Waals surface area contributed by atoms with Crippen LogP contribution in [0.4, 0.5) is 0 Å². The van der Waals surface area contributed by atoms with Crippen molar-refractivity contribution in [2.75, 3.05) is 40.5 Å². The van der Waals surface area contributed by atoms with Gasteiger partial charge in [0.05, 0.1) is 0 Å². The van der Waals surface area contributed by atoms with Gasteiger partial charge in [-0.25, -0.2) is 14.4 Å². The van der Waals surface area contributed by atoms with Crippen LogP contribution in [0.15, 0.2) is 73.4 Å². The zero-order valence-corrected chi connectivity index (χ0v) is 20.5. The smallest absolute Gasteiger partial charge is 0.333 e. The first-order chi connectivity index (χ1) is 15.4. The molecule has 1 aromatic rings. The molecular weight excluding hydrogens is 422 g/mol. The van der Waals surface area contributed by atoms with Crippen molar-refractivity contribution in [1.29, 1.82) is 0 Å². The summed E-state index contributed by atoms with van der Waals surface area (Å²) >= 11 is 0. The Hall–Kier alpha value is -3.45. The summed E-state index contributed by atoms with van der Waals surface area (Å²) in [6, 6.07) is 10.0. The van der Waals surface area contributed by atoms with E-state index < -0.39 is 11.9 Å². The van der Waals surface area contributed by atoms with E-state index in [0.717, 1.165) is 6.54 Å². The number of nitrogens with zero attached hydrogens (tertiary/aromatic N) is 1. The van der Waals surface area contributed by atoms with E-state index in [2.05, 4.69) is 35.8 Å². The first-order valence-corrected chi connectivity index (χ1v) is 10.2. The maximum atomic E-state index is 10.8. The molecule has 1 rings (SSSR count). The molecule has 0 heterocycles. The van der Waals surface area contributed by atoms with Crippen LogP contribution in [0.3, 0.4) is 0 Å². The number of benzene rings is 1. The first kappa shape index (κ1) is 31.7. The van der Waals surface area contributed by atoms with Gasteiger partial charge in [0, 0.05) is 23.3 Å². The van der Waals surface area contributed by atoms with Gasteiger partial charge in [-0.1, -0.05) is 62.7 Å². The fourth-order valence-electron chi connectivity index (χ4n) is 1.55. The van der Waals surface area contributed by atoms with Crippen molar-refractivity contribution in [3.8, 4) is 0 Å². The van der Waals surface area contributed by atoms with E-state index in [-0.39, 0.29) is 19.2 Å². The summed E-state index contributed by atoms with van der Waals surface area (Å²) in [5, 5.41) is 0. The molecule has 182 valence electrons. The zero-order valence-electron chi connectivity index (χ0n) is 20.5. The second-order valence-corrected chi connectivity index (χ2v) is 7.17. The molecule has 0 aromatic heterocycles. The van der Waals surface area contributed by atoms with Crippen LogP contribution in [-0.2, 0) is 28.6 Å². The predicted octanol–water partition coefficient (Wildman–Crippen LogP) is 4.22. The summed E-state index contributed by atoms with van der Waals surface area (Å²) in [7, 11) is 3.85. The Kier molecular flexibility index (Phi) is 18.5. The van der Waals surface area contributed by atoms with Gasteiger partial charge in [0.2, 0.25) is 0 Å². The number of hydrogen-bond donors (Lipinski definition) is 0. The SMILES string of the molecule is C=C(C)C(=O)OCCN(C)C.C=C(C)C(=O)OCCOC(=O)C(=C)C.C=Cc1ccccc1. The lowest BCUT2D eigenvalue weighted by molar-refractivity contribution is -0.147. The van der Waals surface area contributed by atoms with Gasteiger partial charge in [0.25, 0.3) is 0 Å². The minimum Gasteiger partial charge on any atom is -0.461 e. The number of carbonyl (C=O) groups is 3. The Balaban J connectivity index is 0. The molecule has 7 nitrogen and oxygen atoms in total. The van der Waals surface area contributed by atoms with E-state index in [1.165, 1.54) is 5.56 Å². The minimum atomic E-state index is -0.489. The van der Waals surface area contributed by atoms with Gasteiger partial charge in [-0.2, -0.15) is 0 Å². The molecule has 0 N–H and O–H groups in total. The van der Waals surface area contributed by atoms with Crippen molar-refractivity contribution >= 4 is 24.0 Å². The summed E-state index contributed by atoms with van der Waals surface area (Å²) in [6.45, 7) is 19.9. The second kappa shape index (κ2) is 19.3. The molecular formula is C26H37NO6. The lowest BCUT2D eigenvalue weighted by Crippen LogP contribution is -2.20. The van der Waals surface area contributed by atoms with Gasteiger partial charge in [-0.15, -0.1) is 0 Å². The van der Waals surface area contributed by atoms with Gasteiger partial charge < -0.3 is 19.1 Å². The van der Waals surface area contributed by atoms with E-state index in [1.54, 1.807) is 20.8 Å². The highest BCUT2D eigenvalue weighted by Crippen LogP contribution is 1.97. The van der Waals surface area contributed by atoms with E-state index in [9.17, 15) is 14.4 Å². The van der Waals surface area contributed by atoms with Crippen molar-refractivity contribution < 1.29 is 28.6 Å². The topological polar surface area (TPSA) is 82.1 Å². The molecule has 1 aromatic carbocycles. The van der Waals surface area contributed by atoms with E-state index in [1.807, 2.05) is 55.4 Å². The van der Waals surface area contributed by atoms with Crippen molar-refractivity contribution in [2.24, 2.45) is 0 Å². The van der Waals surface area contributed by atoms with Gasteiger partial charge >= 0.3 is 17.9 Å². The summed E-state index contributed by atoms with van der Waals surface area (Å²) in [6.07, 6.45) is 1.83. The number of ether oxygens (including phenoxy) is 3. The minimum absolute atomic E-state index is 0.0325. The lowest BCUT2D eigenvalue weighted by Gasteiger charge is -2.09. The van der Waals surface area contributed by atoms with Crippen LogP contribution in [0.5, 0.6) is 0 Å². The fourth-order valence-corrected chi connectivity index (χ4v) is 1.55. The molecule has 0 aliphatic heterocycles. The van der Waals surface area contributed by atoms with Crippen molar-refractivity contribution in [3.05, 3.63) is 78.9 Å². The number of hydrogen-bond acceptors (Lipinski definition) is 7. The van der Waals surface area contributed by atoms with Crippen LogP contribution < -0.4 is 0 Å². The third kappa shape index (κ3) is 20.2. The molecule has 33 heavy (non-hydrogen) atoms. The maximum absolute atomic E-state index is 10.8. The Morgan fingerprint density at radius 1 is 0.758 bits per heavy atom. The first-order valence-electron chi connectivity index (χ1n) is 10.2. The molecule has 0 fully saturated rings. The van der Waals surface area contributed by atoms with E-state index in [0.29, 0.717) is 23.3 Å². The Morgan fingerprint density at radius 2 is 1.12 bits per heavy atom. The molecule has 0 amide bonds. The number of rotatable bonds is 10. The Morgan fingerprint density at radius 3 is 1.39 bits per heavy atom. The molecule has 0 atom stereocenters. The normalized spacial score (nSPS) is 9.15. The monoisotopic (exact) mass is 459 g/mol. The van der Waals surface area contributed by atoms with Crippen LogP contribution in [0.2, 0.25) is 0 Å². The van der Waals surface area contributed by atoms with Crippen LogP contribution in [-0.4, -0.2) is 63.3 Å². The standard InChI is InChI=1S/C10H14O4.C8H15NO2.C8H8/c1-7(2)9(11)13-5-6-14-10(12)8(3)4;1-7(2)8(10)11-6-5-9(3)4;1-2-8-6-4-3-5-7-8/h1,3,5-6H2,2,4H3;1,5-6H2,2-4H3;2-7H,1H2. The molecule has 0 bridgehead atoms. The van der Waals surface area contributed by atoms with Gasteiger partial charge in [-0.05, 0) is 40.4 Å². The largest absolute Gasteiger partial charge is 0.461 e. The van der Waals surface area contributed by atoms with Crippen LogP contribution in [0.1, 0.15) is 26.3 Å². The van der Waals surface area contributed by atoms with Crippen molar-refractivity contribution in [1.82, 2.24) is 4.90 Å². The molecule has 0 saturated heterocycles. The van der Waals surface area contributed by atoms with E-state index >= 15 is 0 Å². The van der Waals surface area contributed by atoms with Gasteiger partial charge in [0.1, 0.15) is 19.8 Å². The molecule has 0 saturated carbocycles. The van der Waals surface area contributed by atoms with Crippen molar-refractivity contribution in [2.45, 2.75) is 20.8 Å². The zero-order chi connectivity index (χ0) is 25.8. The Bertz CT molecular complexity index is 768. The molecule has 0 unspecified atom stereocenters. The van der Waals surface area contributed by atoms with Gasteiger partial charge in [0.15, 0.2) is 0 Å². The Labute approximate surface area is 198 Å². The summed E-state index contributed by atoms with van der Waals surface area (Å²) in [4.78, 5) is 34.4. The third-order valence-corrected chi connectivity index (χ3v) is 3.40. The average molecular weight is 460 g/mol. The number of likely N-dealkylation sites (N-methyl/N-ethyl adjacent to an activating group) is 1. The van der Waals surface area contributed by atoms with Crippen molar-refractivity contribution in [3.63, 3.8) is 0 Å². The predicted molar refractivity (Wildman–Crippen MR) is 132 cm³/mol. The molecule has 0 spiro atoms. The molecule has 0 aliphatic carbocycles. The summed E-state index contributed by atoms with van der Waals surface area (Å²) < 4.78 is 14.2. The highest BCUT2D eigenvalue weighted by Gasteiger charge is 2.05. The van der Waals surface area contributed by atoms with Crippen LogP contribution in [0.25, 0.3) is 6.08 Å². The van der Waals surface area contributed by atoms with E-state index in [4.69, 9.17) is 4.74 Å². The quantitative estimate of drug-likeness (QED) is 0.224. The maximum Gasteiger partial charge on any atom is 0.333 e. The lowest BCUT2D eigenvalue weighted by atomic mass is 10.2. The number of esters is 3. The summed E-state index contributed by atoms with van der Waals surface area (Å²) in [5.74, 6) is -1.29. The van der Waals surface area contributed by atoms with Crippen LogP contribution in [0, 0.1) is 0 Å². The second-order valence-electron chi connectivity index (χ2n) is 7.17. The molecule has 0 radical (unpaired) electrons. The average Bonchev–Trinajstić information content (AvgIpc) is 2.77. The van der Waals surface area contributed by atoms with Crippen LogP contribution >= 0.6 is 0 Å². The third-order valence-electron chi connectivity index (χ3n) is 3.40.